The van der Waals surface area contributed by atoms with Crippen LogP contribution in [-0.2, 0) is 9.84 Å². The Morgan fingerprint density at radius 2 is 2.32 bits per heavy atom. The number of rotatable bonds is 3. The molecular formula is C11H16N4O3S. The molecule has 0 N–H and O–H groups in total. The summed E-state index contributed by atoms with van der Waals surface area (Å²) in [6.45, 7) is 0. The Hall–Kier alpha value is -1.70. The third-order valence-corrected chi connectivity index (χ3v) is 4.59. The van der Waals surface area contributed by atoms with Crippen molar-refractivity contribution in [2.45, 2.75) is 12.5 Å². The largest absolute Gasteiger partial charge is 0.369 e. The predicted octanol–water partition coefficient (Wildman–Crippen LogP) is -0.0272. The smallest absolute Gasteiger partial charge is 0.281 e. The highest BCUT2D eigenvalue weighted by atomic mass is 32.2. The van der Waals surface area contributed by atoms with Gasteiger partial charge in [-0.3, -0.25) is 9.48 Å². The minimum Gasteiger partial charge on any atom is -0.369 e. The molecule has 1 saturated heterocycles. The first-order valence-electron chi connectivity index (χ1n) is 5.87. The Bertz CT molecular complexity index is 603. The molecule has 2 heterocycles. The molecule has 7 nitrogen and oxygen atoms in total. The highest BCUT2D eigenvalue weighted by Gasteiger charge is 2.29. The molecule has 0 saturated carbocycles. The van der Waals surface area contributed by atoms with Gasteiger partial charge in [0.1, 0.15) is 0 Å². The molecule has 8 heteroatoms. The average molecular weight is 284 g/mol. The van der Waals surface area contributed by atoms with E-state index in [0.29, 0.717) is 12.0 Å². The van der Waals surface area contributed by atoms with Crippen molar-refractivity contribution < 1.29 is 13.2 Å². The first-order valence-corrected chi connectivity index (χ1v) is 7.69. The van der Waals surface area contributed by atoms with Gasteiger partial charge in [0.15, 0.2) is 9.84 Å². The Morgan fingerprint density at radius 1 is 1.58 bits per heavy atom. The van der Waals surface area contributed by atoms with Crippen molar-refractivity contribution >= 4 is 22.1 Å². The number of hydrogen-bond acceptors (Lipinski definition) is 4. The van der Waals surface area contributed by atoms with E-state index >= 15 is 0 Å². The number of carbonyl (C=O) groups excluding carboxylic acids is 1. The van der Waals surface area contributed by atoms with Gasteiger partial charge in [-0.25, -0.2) is 8.42 Å². The highest BCUT2D eigenvalue weighted by Crippen LogP contribution is 2.23. The summed E-state index contributed by atoms with van der Waals surface area (Å²) in [5, 5.41) is 4.06. The molecule has 1 amide bonds. The fourth-order valence-corrected chi connectivity index (χ4v) is 3.58. The molecule has 1 atom stereocenters. The van der Waals surface area contributed by atoms with Gasteiger partial charge in [-0.05, 0) is 6.42 Å². The van der Waals surface area contributed by atoms with Crippen LogP contribution in [0.5, 0.6) is 0 Å². The molecule has 1 aromatic heterocycles. The molecule has 0 aliphatic carbocycles. The Labute approximate surface area is 111 Å². The zero-order valence-corrected chi connectivity index (χ0v) is 11.7. The lowest BCUT2D eigenvalue weighted by Crippen LogP contribution is -2.11. The van der Waals surface area contributed by atoms with Crippen LogP contribution in [0, 0.1) is 0 Å². The molecule has 0 unspecified atom stereocenters. The minimum absolute atomic E-state index is 0.0866. The van der Waals surface area contributed by atoms with Gasteiger partial charge in [0.05, 0.1) is 35.6 Å². The first kappa shape index (κ1) is 13.7. The van der Waals surface area contributed by atoms with Gasteiger partial charge in [0.25, 0.3) is 5.91 Å². The lowest BCUT2D eigenvalue weighted by atomic mass is 10.3. The fourth-order valence-electron chi connectivity index (χ4n) is 1.87. The van der Waals surface area contributed by atoms with E-state index in [1.165, 1.54) is 12.5 Å². The summed E-state index contributed by atoms with van der Waals surface area (Å²) < 4.78 is 24.3. The number of carbonyl (C=O) groups is 1. The Kier molecular flexibility index (Phi) is 3.70. The van der Waals surface area contributed by atoms with E-state index in [4.69, 9.17) is 0 Å². The molecule has 0 spiro atoms. The topological polar surface area (TPSA) is 84.6 Å². The van der Waals surface area contributed by atoms with Crippen molar-refractivity contribution in [3.63, 3.8) is 0 Å². The van der Waals surface area contributed by atoms with Crippen LogP contribution < -0.4 is 0 Å². The summed E-state index contributed by atoms with van der Waals surface area (Å²) in [5.74, 6) is -0.121. The molecule has 0 aromatic carbocycles. The zero-order chi connectivity index (χ0) is 14.0. The second-order valence-electron chi connectivity index (χ2n) is 4.78. The second-order valence-corrected chi connectivity index (χ2v) is 7.01. The first-order chi connectivity index (χ1) is 8.87. The lowest BCUT2D eigenvalue weighted by molar-refractivity contribution is 0.100. The normalized spacial score (nSPS) is 21.9. The van der Waals surface area contributed by atoms with Crippen molar-refractivity contribution in [3.8, 4) is 0 Å². The molecule has 1 aliphatic rings. The van der Waals surface area contributed by atoms with Crippen molar-refractivity contribution in [2.24, 2.45) is 4.99 Å². The molecular weight excluding hydrogens is 268 g/mol. The molecule has 0 radical (unpaired) electrons. The van der Waals surface area contributed by atoms with E-state index in [1.807, 2.05) is 0 Å². The van der Waals surface area contributed by atoms with Gasteiger partial charge < -0.3 is 4.90 Å². The number of aliphatic imine (C=N–C) groups is 1. The molecule has 2 rings (SSSR count). The van der Waals surface area contributed by atoms with Gasteiger partial charge in [-0.1, -0.05) is 0 Å². The molecule has 1 aliphatic heterocycles. The minimum atomic E-state index is -2.96. The summed E-state index contributed by atoms with van der Waals surface area (Å²) in [6.07, 6.45) is 4.93. The zero-order valence-electron chi connectivity index (χ0n) is 10.9. The van der Waals surface area contributed by atoms with Crippen molar-refractivity contribution in [1.29, 1.82) is 0 Å². The van der Waals surface area contributed by atoms with Crippen molar-refractivity contribution in [2.75, 3.05) is 25.6 Å². The number of nitrogens with zero attached hydrogens (tertiary/aromatic N) is 4. The van der Waals surface area contributed by atoms with E-state index in [9.17, 15) is 13.2 Å². The number of sulfone groups is 1. The van der Waals surface area contributed by atoms with Gasteiger partial charge in [0, 0.05) is 20.3 Å². The Morgan fingerprint density at radius 3 is 2.89 bits per heavy atom. The number of amides is 1. The van der Waals surface area contributed by atoms with Crippen molar-refractivity contribution in [3.05, 3.63) is 18.0 Å². The number of aromatic nitrogens is 2. The predicted molar refractivity (Wildman–Crippen MR) is 71.0 cm³/mol. The van der Waals surface area contributed by atoms with Gasteiger partial charge in [-0.2, -0.15) is 10.1 Å². The summed E-state index contributed by atoms with van der Waals surface area (Å²) in [5.41, 5.74) is 0.363. The van der Waals surface area contributed by atoms with Crippen LogP contribution in [0.2, 0.25) is 0 Å². The summed E-state index contributed by atoms with van der Waals surface area (Å²) >= 11 is 0. The third-order valence-electron chi connectivity index (χ3n) is 2.84. The SMILES string of the molecule is CN(C)C=NC(=O)c1cnn([C@@H]2CCS(=O)(=O)C2)c1. The van der Waals surface area contributed by atoms with Gasteiger partial charge in [0.2, 0.25) is 0 Å². The molecule has 1 aromatic rings. The van der Waals surface area contributed by atoms with Crippen LogP contribution in [0.1, 0.15) is 22.8 Å². The summed E-state index contributed by atoms with van der Waals surface area (Å²) in [4.78, 5) is 17.1. The van der Waals surface area contributed by atoms with Crippen LogP contribution in [0.4, 0.5) is 0 Å². The summed E-state index contributed by atoms with van der Waals surface area (Å²) in [6, 6.07) is -0.177. The van der Waals surface area contributed by atoms with Gasteiger partial charge in [-0.15, -0.1) is 0 Å². The fraction of sp³-hybridized carbons (Fsp3) is 0.545. The van der Waals surface area contributed by atoms with Crippen LogP contribution in [0.25, 0.3) is 0 Å². The quantitative estimate of drug-likeness (QED) is 0.575. The maximum atomic E-state index is 11.7. The lowest BCUT2D eigenvalue weighted by Gasteiger charge is -2.06. The molecule has 104 valence electrons. The van der Waals surface area contributed by atoms with Crippen LogP contribution in [0.15, 0.2) is 17.4 Å². The molecule has 0 bridgehead atoms. The molecule has 1 fully saturated rings. The third kappa shape index (κ3) is 3.40. The van der Waals surface area contributed by atoms with Crippen LogP contribution >= 0.6 is 0 Å². The van der Waals surface area contributed by atoms with E-state index < -0.39 is 9.84 Å². The standard InChI is InChI=1S/C11H16N4O3S/c1-14(2)8-12-11(16)9-5-13-15(6-9)10-3-4-19(17,18)7-10/h5-6,8,10H,3-4,7H2,1-2H3/t10-/m1/s1. The Balaban J connectivity index is 2.10. The van der Waals surface area contributed by atoms with E-state index in [2.05, 4.69) is 10.1 Å². The average Bonchev–Trinajstić information content (AvgIpc) is 2.92. The molecule has 19 heavy (non-hydrogen) atoms. The second kappa shape index (κ2) is 5.12. The van der Waals surface area contributed by atoms with E-state index in [1.54, 1.807) is 29.9 Å². The highest BCUT2D eigenvalue weighted by molar-refractivity contribution is 7.91. The summed E-state index contributed by atoms with van der Waals surface area (Å²) in [7, 11) is 0.577. The van der Waals surface area contributed by atoms with Gasteiger partial charge >= 0.3 is 0 Å². The van der Waals surface area contributed by atoms with Crippen molar-refractivity contribution in [1.82, 2.24) is 14.7 Å². The van der Waals surface area contributed by atoms with Crippen LogP contribution in [-0.4, -0.2) is 60.9 Å². The monoisotopic (exact) mass is 284 g/mol. The van der Waals surface area contributed by atoms with E-state index in [-0.39, 0.29) is 23.5 Å². The maximum absolute atomic E-state index is 11.7. The maximum Gasteiger partial charge on any atom is 0.281 e. The van der Waals surface area contributed by atoms with E-state index in [0.717, 1.165) is 0 Å². The van der Waals surface area contributed by atoms with Crippen LogP contribution in [0.3, 0.4) is 0 Å². The number of hydrogen-bond donors (Lipinski definition) is 0.